The van der Waals surface area contributed by atoms with Gasteiger partial charge in [-0.15, -0.1) is 0 Å². The average molecular weight is 294 g/mol. The molecular formula is C14H18N2O3S. The van der Waals surface area contributed by atoms with Crippen LogP contribution in [0, 0.1) is 0 Å². The molecule has 5 nitrogen and oxygen atoms in total. The highest BCUT2D eigenvalue weighted by molar-refractivity contribution is 7.94. The molecule has 2 N–H and O–H groups in total. The van der Waals surface area contributed by atoms with Gasteiger partial charge in [0.1, 0.15) is 0 Å². The number of nitrogens with zero attached hydrogens (tertiary/aromatic N) is 1. The first-order valence-electron chi connectivity index (χ1n) is 6.38. The summed E-state index contributed by atoms with van der Waals surface area (Å²) in [7, 11) is -3.50. The van der Waals surface area contributed by atoms with Gasteiger partial charge in [-0.25, -0.2) is 8.42 Å². The van der Waals surface area contributed by atoms with Crippen molar-refractivity contribution in [2.45, 2.75) is 30.3 Å². The van der Waals surface area contributed by atoms with Crippen LogP contribution in [0.2, 0.25) is 0 Å². The Balaban J connectivity index is 0.000000198. The predicted octanol–water partition coefficient (Wildman–Crippen LogP) is 1.17. The van der Waals surface area contributed by atoms with Gasteiger partial charge in [0.15, 0.2) is 9.84 Å². The van der Waals surface area contributed by atoms with Crippen molar-refractivity contribution in [3.63, 3.8) is 0 Å². The van der Waals surface area contributed by atoms with Gasteiger partial charge < -0.3 is 5.73 Å². The molecular weight excluding hydrogens is 276 g/mol. The van der Waals surface area contributed by atoms with Crippen LogP contribution in [0.5, 0.6) is 0 Å². The number of hydrogen-bond donors (Lipinski definition) is 1. The lowest BCUT2D eigenvalue weighted by molar-refractivity contribution is 0.1000. The molecule has 1 aromatic carbocycles. The van der Waals surface area contributed by atoms with Crippen LogP contribution < -0.4 is 5.73 Å². The van der Waals surface area contributed by atoms with E-state index in [9.17, 15) is 13.2 Å². The predicted molar refractivity (Wildman–Crippen MR) is 76.9 cm³/mol. The lowest BCUT2D eigenvalue weighted by Gasteiger charge is -2.21. The van der Waals surface area contributed by atoms with E-state index in [2.05, 4.69) is 18.4 Å². The first-order valence-corrected chi connectivity index (χ1v) is 7.93. The van der Waals surface area contributed by atoms with E-state index in [1.165, 1.54) is 37.2 Å². The molecule has 108 valence electrons. The molecule has 0 aromatic heterocycles. The van der Waals surface area contributed by atoms with Crippen molar-refractivity contribution in [3.8, 4) is 0 Å². The molecule has 0 bridgehead atoms. The quantitative estimate of drug-likeness (QED) is 0.848. The van der Waals surface area contributed by atoms with Crippen LogP contribution in [-0.4, -0.2) is 37.9 Å². The molecule has 2 aliphatic rings. The summed E-state index contributed by atoms with van der Waals surface area (Å²) in [5.74, 6) is -0.661. The minimum absolute atomic E-state index is 0.0174. The van der Waals surface area contributed by atoms with Gasteiger partial charge in [0, 0.05) is 29.6 Å². The zero-order valence-corrected chi connectivity index (χ0v) is 12.1. The van der Waals surface area contributed by atoms with Gasteiger partial charge in [0.25, 0.3) is 0 Å². The second-order valence-electron chi connectivity index (χ2n) is 5.04. The van der Waals surface area contributed by atoms with Crippen molar-refractivity contribution >= 4 is 15.7 Å². The highest BCUT2D eigenvalue weighted by Gasteiger charge is 2.47. The Bertz CT molecular complexity index is 640. The molecule has 1 amide bonds. The zero-order valence-electron chi connectivity index (χ0n) is 11.3. The van der Waals surface area contributed by atoms with Crippen LogP contribution in [0.4, 0.5) is 0 Å². The van der Waals surface area contributed by atoms with Gasteiger partial charge >= 0.3 is 0 Å². The number of hydrogen-bond acceptors (Lipinski definition) is 4. The van der Waals surface area contributed by atoms with E-state index in [1.54, 1.807) is 0 Å². The zero-order chi connectivity index (χ0) is 14.9. The molecule has 2 heterocycles. The van der Waals surface area contributed by atoms with Crippen LogP contribution in [0.3, 0.4) is 0 Å². The van der Waals surface area contributed by atoms with Crippen LogP contribution in [0.1, 0.15) is 23.7 Å². The number of carbonyl (C=O) groups is 1. The summed E-state index contributed by atoms with van der Waals surface area (Å²) in [5.41, 5.74) is 5.17. The van der Waals surface area contributed by atoms with E-state index in [0.717, 1.165) is 17.5 Å². The summed E-state index contributed by atoms with van der Waals surface area (Å²) in [6.45, 7) is 6.88. The van der Waals surface area contributed by atoms with Gasteiger partial charge in [-0.05, 0) is 31.5 Å². The van der Waals surface area contributed by atoms with Crippen molar-refractivity contribution in [1.29, 1.82) is 0 Å². The maximum absolute atomic E-state index is 11.3. The van der Waals surface area contributed by atoms with Gasteiger partial charge in [0.05, 0.1) is 4.90 Å². The Morgan fingerprint density at radius 1 is 1.50 bits per heavy atom. The summed E-state index contributed by atoms with van der Waals surface area (Å²) in [6.07, 6.45) is 1.47. The lowest BCUT2D eigenvalue weighted by atomic mass is 10.1. The molecule has 3 rings (SSSR count). The van der Waals surface area contributed by atoms with Crippen molar-refractivity contribution in [3.05, 3.63) is 41.8 Å². The summed E-state index contributed by atoms with van der Waals surface area (Å²) >= 11 is 0. The normalized spacial score (nSPS) is 26.4. The van der Waals surface area contributed by atoms with E-state index >= 15 is 0 Å². The van der Waals surface area contributed by atoms with E-state index in [0.29, 0.717) is 0 Å². The number of sulfone groups is 1. The third-order valence-electron chi connectivity index (χ3n) is 3.60. The van der Waals surface area contributed by atoms with Crippen molar-refractivity contribution in [2.75, 3.05) is 6.54 Å². The number of benzene rings is 1. The van der Waals surface area contributed by atoms with Crippen molar-refractivity contribution in [2.24, 2.45) is 5.73 Å². The first kappa shape index (κ1) is 14.7. The van der Waals surface area contributed by atoms with Crippen LogP contribution >= 0.6 is 0 Å². The van der Waals surface area contributed by atoms with Gasteiger partial charge in [-0.3, -0.25) is 9.69 Å². The number of carbonyl (C=O) groups excluding carboxylic acids is 1. The SMILES string of the molecule is C=CS(=O)(=O)c1cccc(C(N)=O)c1.CC1CC2CN12. The number of nitrogens with two attached hydrogens (primary N) is 1. The molecule has 20 heavy (non-hydrogen) atoms. The van der Waals surface area contributed by atoms with Crippen LogP contribution in [-0.2, 0) is 9.84 Å². The molecule has 0 spiro atoms. The van der Waals surface area contributed by atoms with E-state index in [4.69, 9.17) is 5.73 Å². The average Bonchev–Trinajstić information content (AvgIpc) is 3.11. The standard InChI is InChI=1S/C9H9NO3S.C5H9N/c1-2-14(12,13)8-5-3-4-7(6-8)9(10)11;1-4-2-5-3-6(4)5/h2-6H,1H2,(H2,10,11);4-5H,2-3H2,1H3. The molecule has 0 radical (unpaired) electrons. The molecule has 1 aromatic rings. The molecule has 2 aliphatic heterocycles. The van der Waals surface area contributed by atoms with Crippen LogP contribution in [0.15, 0.2) is 41.1 Å². The minimum atomic E-state index is -3.50. The number of amides is 1. The Labute approximate surface area is 119 Å². The summed E-state index contributed by atoms with van der Waals surface area (Å²) in [4.78, 5) is 13.3. The third-order valence-corrected chi connectivity index (χ3v) is 4.95. The molecule has 2 saturated heterocycles. The van der Waals surface area contributed by atoms with E-state index in [1.807, 2.05) is 0 Å². The molecule has 6 heteroatoms. The fraction of sp³-hybridized carbons (Fsp3) is 0.357. The Kier molecular flexibility index (Phi) is 3.96. The highest BCUT2D eigenvalue weighted by atomic mass is 32.2. The minimum Gasteiger partial charge on any atom is -0.366 e. The molecule has 0 saturated carbocycles. The second kappa shape index (κ2) is 5.38. The summed E-state index contributed by atoms with van der Waals surface area (Å²) in [6, 6.07) is 7.49. The Morgan fingerprint density at radius 2 is 2.20 bits per heavy atom. The van der Waals surface area contributed by atoms with Crippen LogP contribution in [0.25, 0.3) is 0 Å². The fourth-order valence-corrected chi connectivity index (χ4v) is 3.01. The Hall–Kier alpha value is -1.66. The fourth-order valence-electron chi connectivity index (χ4n) is 2.26. The highest BCUT2D eigenvalue weighted by Crippen LogP contribution is 2.37. The maximum Gasteiger partial charge on any atom is 0.248 e. The van der Waals surface area contributed by atoms with Gasteiger partial charge in [0.2, 0.25) is 5.91 Å². The van der Waals surface area contributed by atoms with Crippen molar-refractivity contribution < 1.29 is 13.2 Å². The van der Waals surface area contributed by atoms with Gasteiger partial charge in [-0.1, -0.05) is 12.6 Å². The lowest BCUT2D eigenvalue weighted by Crippen LogP contribution is -2.28. The van der Waals surface area contributed by atoms with Crippen molar-refractivity contribution in [1.82, 2.24) is 4.90 Å². The molecule has 0 aliphatic carbocycles. The molecule has 3 atom stereocenters. The third kappa shape index (κ3) is 3.08. The number of fused-ring (bicyclic) bond motifs is 1. The topological polar surface area (TPSA) is 80.2 Å². The molecule has 3 unspecified atom stereocenters. The smallest absolute Gasteiger partial charge is 0.248 e. The Morgan fingerprint density at radius 3 is 2.55 bits per heavy atom. The number of primary amides is 1. The largest absolute Gasteiger partial charge is 0.366 e. The number of rotatable bonds is 3. The monoisotopic (exact) mass is 294 g/mol. The van der Waals surface area contributed by atoms with E-state index < -0.39 is 15.7 Å². The first-order chi connectivity index (χ1) is 9.35. The molecule has 2 fully saturated rings. The van der Waals surface area contributed by atoms with E-state index in [-0.39, 0.29) is 10.5 Å². The van der Waals surface area contributed by atoms with Gasteiger partial charge in [-0.2, -0.15) is 0 Å². The maximum atomic E-state index is 11.3. The summed E-state index contributed by atoms with van der Waals surface area (Å²) in [5, 5.41) is 0.826. The summed E-state index contributed by atoms with van der Waals surface area (Å²) < 4.78 is 22.6. The second-order valence-corrected chi connectivity index (χ2v) is 6.93.